The Morgan fingerprint density at radius 2 is 1.76 bits per heavy atom. The molecule has 1 N–H and O–H groups in total. The van der Waals surface area contributed by atoms with E-state index in [0.717, 1.165) is 23.5 Å². The first-order valence-electron chi connectivity index (χ1n) is 8.16. The molecule has 3 rings (SSSR count). The van der Waals surface area contributed by atoms with Crippen molar-refractivity contribution in [2.75, 3.05) is 12.3 Å². The van der Waals surface area contributed by atoms with Crippen molar-refractivity contribution in [3.63, 3.8) is 0 Å². The molecule has 0 saturated carbocycles. The highest BCUT2D eigenvalue weighted by Crippen LogP contribution is 2.34. The fraction of sp³-hybridized carbons (Fsp3) is 0.263. The first kappa shape index (κ1) is 17.5. The smallest absolute Gasteiger partial charge is 0.325 e. The molecule has 1 atom stereocenters. The molecule has 0 bridgehead atoms. The minimum atomic E-state index is -0.895. The van der Waals surface area contributed by atoms with Gasteiger partial charge in [-0.3, -0.25) is 4.79 Å². The molecule has 130 valence electrons. The maximum Gasteiger partial charge on any atom is 0.325 e. The lowest BCUT2D eigenvalue weighted by Gasteiger charge is -2.28. The van der Waals surface area contributed by atoms with Crippen LogP contribution in [0.1, 0.15) is 18.4 Å². The van der Waals surface area contributed by atoms with Gasteiger partial charge >= 0.3 is 11.9 Å². The molecule has 2 aromatic rings. The molecule has 1 amide bonds. The minimum absolute atomic E-state index is 0.0685. The lowest BCUT2D eigenvalue weighted by molar-refractivity contribution is -0.721. The van der Waals surface area contributed by atoms with E-state index in [9.17, 15) is 9.59 Å². The van der Waals surface area contributed by atoms with Gasteiger partial charge in [0.2, 0.25) is 0 Å². The largest absolute Gasteiger partial charge is 0.480 e. The fourth-order valence-electron chi connectivity index (χ4n) is 2.92. The number of carboxylic acids is 1. The summed E-state index contributed by atoms with van der Waals surface area (Å²) >= 11 is 1.21. The van der Waals surface area contributed by atoms with Gasteiger partial charge in [0.15, 0.2) is 0 Å². The number of hydrogen-bond acceptors (Lipinski definition) is 4. The molecule has 25 heavy (non-hydrogen) atoms. The van der Waals surface area contributed by atoms with E-state index in [2.05, 4.69) is 0 Å². The molecule has 1 aliphatic rings. The standard InChI is InChI=1S/C19H19NO4S/c21-18-7-4-12-20(18,25-14-19(22)23)13-15-8-10-17(11-9-15)24-16-5-2-1-3-6-16/h1-3,5-6,8-11H,4,7,12-14H2/p+1. The van der Waals surface area contributed by atoms with E-state index in [1.807, 2.05) is 54.6 Å². The van der Waals surface area contributed by atoms with Crippen molar-refractivity contribution < 1.29 is 23.3 Å². The number of carbonyl (C=O) groups excluding carboxylic acids is 1. The predicted molar refractivity (Wildman–Crippen MR) is 96.1 cm³/mol. The summed E-state index contributed by atoms with van der Waals surface area (Å²) in [6, 6.07) is 17.2. The number of ether oxygens (including phenoxy) is 1. The molecule has 0 radical (unpaired) electrons. The van der Waals surface area contributed by atoms with E-state index in [-0.39, 0.29) is 15.5 Å². The monoisotopic (exact) mass is 358 g/mol. The lowest BCUT2D eigenvalue weighted by Crippen LogP contribution is -2.42. The Labute approximate surface area is 150 Å². The summed E-state index contributed by atoms with van der Waals surface area (Å²) in [5.41, 5.74) is 0.994. The Morgan fingerprint density at radius 1 is 1.08 bits per heavy atom. The summed E-state index contributed by atoms with van der Waals surface area (Å²) in [5.74, 6) is 0.642. The number of carboxylic acid groups (broad SMARTS) is 1. The molecule has 2 aromatic carbocycles. The van der Waals surface area contributed by atoms with Gasteiger partial charge in [-0.05, 0) is 36.4 Å². The molecule has 1 aliphatic heterocycles. The van der Waals surface area contributed by atoms with Crippen LogP contribution in [0.5, 0.6) is 11.5 Å². The third-order valence-electron chi connectivity index (χ3n) is 4.14. The number of para-hydroxylation sites is 1. The Bertz CT molecular complexity index is 748. The van der Waals surface area contributed by atoms with Crippen LogP contribution in [0.25, 0.3) is 0 Å². The zero-order chi connectivity index (χ0) is 17.7. The normalized spacial score (nSPS) is 19.8. The average molecular weight is 358 g/mol. The number of quaternary nitrogens is 1. The second-order valence-electron chi connectivity index (χ2n) is 5.99. The number of carbonyl (C=O) groups is 2. The van der Waals surface area contributed by atoms with Crippen molar-refractivity contribution in [1.82, 2.24) is 0 Å². The zero-order valence-corrected chi connectivity index (χ0v) is 14.6. The summed E-state index contributed by atoms with van der Waals surface area (Å²) in [4.78, 5) is 23.3. The van der Waals surface area contributed by atoms with Gasteiger partial charge in [0.25, 0.3) is 0 Å². The summed E-state index contributed by atoms with van der Waals surface area (Å²) in [5, 5.41) is 8.96. The molecule has 0 aliphatic carbocycles. The highest BCUT2D eigenvalue weighted by atomic mass is 32.2. The summed E-state index contributed by atoms with van der Waals surface area (Å²) in [6.07, 6.45) is 1.32. The highest BCUT2D eigenvalue weighted by Gasteiger charge is 2.43. The van der Waals surface area contributed by atoms with Gasteiger partial charge in [0.05, 0.1) is 24.9 Å². The van der Waals surface area contributed by atoms with E-state index in [1.165, 1.54) is 11.9 Å². The van der Waals surface area contributed by atoms with Crippen LogP contribution in [-0.2, 0) is 16.1 Å². The third kappa shape index (κ3) is 4.41. The first-order valence-corrected chi connectivity index (χ1v) is 9.10. The van der Waals surface area contributed by atoms with Gasteiger partial charge in [-0.25, -0.2) is 4.79 Å². The van der Waals surface area contributed by atoms with Gasteiger partial charge in [-0.2, -0.15) is 3.89 Å². The van der Waals surface area contributed by atoms with E-state index in [4.69, 9.17) is 9.84 Å². The van der Waals surface area contributed by atoms with Crippen molar-refractivity contribution in [2.24, 2.45) is 0 Å². The number of hydrogen-bond donors (Lipinski definition) is 1. The van der Waals surface area contributed by atoms with Crippen LogP contribution in [0.4, 0.5) is 0 Å². The number of amides is 1. The molecule has 5 nitrogen and oxygen atoms in total. The first-order chi connectivity index (χ1) is 12.1. The lowest BCUT2D eigenvalue weighted by atomic mass is 10.2. The van der Waals surface area contributed by atoms with Crippen LogP contribution in [0, 0.1) is 0 Å². The number of likely N-dealkylation sites (tertiary alicyclic amines) is 1. The summed E-state index contributed by atoms with van der Waals surface area (Å²) in [7, 11) is 0. The van der Waals surface area contributed by atoms with Crippen molar-refractivity contribution in [3.05, 3.63) is 60.2 Å². The molecule has 1 unspecified atom stereocenters. The number of aliphatic carboxylic acids is 1. The van der Waals surface area contributed by atoms with Crippen LogP contribution in [0.3, 0.4) is 0 Å². The van der Waals surface area contributed by atoms with Gasteiger partial charge in [0, 0.05) is 12.0 Å². The maximum absolute atomic E-state index is 12.4. The molecular formula is C19H20NO4S+. The van der Waals surface area contributed by atoms with Crippen LogP contribution >= 0.6 is 11.9 Å². The maximum atomic E-state index is 12.4. The van der Waals surface area contributed by atoms with E-state index in [0.29, 0.717) is 19.5 Å². The summed E-state index contributed by atoms with van der Waals surface area (Å²) in [6.45, 7) is 1.18. The van der Waals surface area contributed by atoms with Crippen molar-refractivity contribution in [2.45, 2.75) is 19.4 Å². The van der Waals surface area contributed by atoms with Crippen molar-refractivity contribution in [1.29, 1.82) is 0 Å². The SMILES string of the molecule is O=C(O)CS[N+]1(Cc2ccc(Oc3ccccc3)cc2)CCCC1=O. The van der Waals surface area contributed by atoms with Crippen LogP contribution < -0.4 is 4.74 Å². The number of benzene rings is 2. The molecule has 0 aromatic heterocycles. The summed E-state index contributed by atoms with van der Waals surface area (Å²) < 4.78 is 5.93. The van der Waals surface area contributed by atoms with E-state index in [1.54, 1.807) is 0 Å². The molecule has 6 heteroatoms. The second kappa shape index (κ2) is 7.72. The quantitative estimate of drug-likeness (QED) is 0.602. The van der Waals surface area contributed by atoms with Gasteiger partial charge in [-0.1, -0.05) is 18.2 Å². The van der Waals surface area contributed by atoms with Crippen molar-refractivity contribution >= 4 is 23.8 Å². The van der Waals surface area contributed by atoms with E-state index >= 15 is 0 Å². The predicted octanol–water partition coefficient (Wildman–Crippen LogP) is 3.85. The topological polar surface area (TPSA) is 63.6 Å². The van der Waals surface area contributed by atoms with Gasteiger partial charge in [-0.15, -0.1) is 0 Å². The van der Waals surface area contributed by atoms with Crippen LogP contribution in [0.15, 0.2) is 54.6 Å². The fourth-order valence-corrected chi connectivity index (χ4v) is 4.02. The highest BCUT2D eigenvalue weighted by molar-refractivity contribution is 7.94. The van der Waals surface area contributed by atoms with Gasteiger partial charge in [0.1, 0.15) is 23.8 Å². The average Bonchev–Trinajstić information content (AvgIpc) is 2.97. The Hall–Kier alpha value is -2.31. The van der Waals surface area contributed by atoms with E-state index < -0.39 is 5.97 Å². The second-order valence-corrected chi connectivity index (χ2v) is 7.24. The minimum Gasteiger partial charge on any atom is -0.480 e. The van der Waals surface area contributed by atoms with Crippen LogP contribution in [0.2, 0.25) is 0 Å². The molecular weight excluding hydrogens is 338 g/mol. The van der Waals surface area contributed by atoms with Crippen LogP contribution in [-0.4, -0.2) is 33.2 Å². The van der Waals surface area contributed by atoms with Crippen molar-refractivity contribution in [3.8, 4) is 11.5 Å². The Balaban J connectivity index is 1.70. The Morgan fingerprint density at radius 3 is 2.36 bits per heavy atom. The third-order valence-corrected chi connectivity index (χ3v) is 5.53. The molecule has 0 spiro atoms. The molecule has 1 fully saturated rings. The number of nitrogens with zero attached hydrogens (tertiary/aromatic N) is 1. The zero-order valence-electron chi connectivity index (χ0n) is 13.8. The number of rotatable bonds is 7. The van der Waals surface area contributed by atoms with Gasteiger partial charge < -0.3 is 9.84 Å². The molecule has 1 heterocycles. The molecule has 1 saturated heterocycles. The Kier molecular flexibility index (Phi) is 5.40.